The Morgan fingerprint density at radius 2 is 1.85 bits per heavy atom. The smallest absolute Gasteiger partial charge is 0.321 e. The molecular formula is C13H17ClO6. The first-order chi connectivity index (χ1) is 9.43. The summed E-state index contributed by atoms with van der Waals surface area (Å²) in [4.78, 5) is 35.7. The van der Waals surface area contributed by atoms with E-state index < -0.39 is 35.7 Å². The molecule has 0 saturated carbocycles. The number of esters is 3. The summed E-state index contributed by atoms with van der Waals surface area (Å²) < 4.78 is 14.6. The van der Waals surface area contributed by atoms with Crippen LogP contribution in [0.25, 0.3) is 0 Å². The fourth-order valence-corrected chi connectivity index (χ4v) is 2.24. The molecule has 0 amide bonds. The third-order valence-corrected chi connectivity index (χ3v) is 3.23. The van der Waals surface area contributed by atoms with Crippen LogP contribution in [-0.4, -0.2) is 37.7 Å². The number of carbonyl (C=O) groups is 3. The zero-order valence-corrected chi connectivity index (χ0v) is 12.1. The maximum atomic E-state index is 12.0. The normalized spacial score (nSPS) is 21.5. The molecule has 0 spiro atoms. The van der Waals surface area contributed by atoms with Crippen molar-refractivity contribution in [3.8, 4) is 0 Å². The van der Waals surface area contributed by atoms with Crippen LogP contribution in [0, 0.1) is 17.8 Å². The van der Waals surface area contributed by atoms with Crippen LogP contribution in [0.2, 0.25) is 0 Å². The van der Waals surface area contributed by atoms with Crippen molar-refractivity contribution in [2.24, 2.45) is 17.8 Å². The van der Waals surface area contributed by atoms with E-state index in [4.69, 9.17) is 25.8 Å². The Hall–Kier alpha value is -1.56. The lowest BCUT2D eigenvalue weighted by atomic mass is 9.83. The Bertz CT molecular complexity index is 401. The van der Waals surface area contributed by atoms with Gasteiger partial charge >= 0.3 is 17.9 Å². The molecule has 1 aliphatic rings. The highest BCUT2D eigenvalue weighted by atomic mass is 35.5. The van der Waals surface area contributed by atoms with Gasteiger partial charge in [-0.15, -0.1) is 0 Å². The summed E-state index contributed by atoms with van der Waals surface area (Å²) in [5, 5.41) is 0.152. The van der Waals surface area contributed by atoms with Gasteiger partial charge in [0.2, 0.25) is 0 Å². The van der Waals surface area contributed by atoms with Gasteiger partial charge in [0.05, 0.1) is 25.7 Å². The van der Waals surface area contributed by atoms with Gasteiger partial charge in [0.1, 0.15) is 0 Å². The fraction of sp³-hybridized carbons (Fsp3) is 0.615. The molecule has 112 valence electrons. The number of hydrogen-bond donors (Lipinski definition) is 0. The second kappa shape index (κ2) is 7.28. The molecule has 1 aliphatic heterocycles. The second-order valence-corrected chi connectivity index (χ2v) is 4.68. The monoisotopic (exact) mass is 304 g/mol. The highest BCUT2D eigenvalue weighted by molar-refractivity contribution is 6.29. The van der Waals surface area contributed by atoms with E-state index in [0.717, 1.165) is 0 Å². The maximum absolute atomic E-state index is 12.0. The molecule has 7 heteroatoms. The van der Waals surface area contributed by atoms with Crippen molar-refractivity contribution in [2.45, 2.75) is 13.8 Å². The highest BCUT2D eigenvalue weighted by Gasteiger charge is 2.51. The number of ether oxygens (including phenoxy) is 3. The van der Waals surface area contributed by atoms with Crippen LogP contribution in [0.5, 0.6) is 0 Å². The number of carbonyl (C=O) groups excluding carboxylic acids is 3. The quantitative estimate of drug-likeness (QED) is 0.418. The van der Waals surface area contributed by atoms with Gasteiger partial charge in [-0.1, -0.05) is 18.2 Å². The highest BCUT2D eigenvalue weighted by Crippen LogP contribution is 2.36. The van der Waals surface area contributed by atoms with Gasteiger partial charge in [0.15, 0.2) is 5.92 Å². The van der Waals surface area contributed by atoms with Gasteiger partial charge in [-0.05, 0) is 13.8 Å². The van der Waals surface area contributed by atoms with Crippen molar-refractivity contribution < 1.29 is 28.6 Å². The van der Waals surface area contributed by atoms with Crippen molar-refractivity contribution in [3.05, 3.63) is 11.6 Å². The van der Waals surface area contributed by atoms with E-state index in [9.17, 15) is 14.4 Å². The molecule has 1 heterocycles. The van der Waals surface area contributed by atoms with E-state index in [0.29, 0.717) is 0 Å². The third-order valence-electron chi connectivity index (χ3n) is 2.95. The summed E-state index contributed by atoms with van der Waals surface area (Å²) in [6, 6.07) is 0. The molecule has 2 atom stereocenters. The molecule has 20 heavy (non-hydrogen) atoms. The molecule has 1 fully saturated rings. The number of cyclic esters (lactones) is 1. The number of hydrogen-bond acceptors (Lipinski definition) is 6. The summed E-state index contributed by atoms with van der Waals surface area (Å²) in [6.45, 7) is 6.91. The minimum Gasteiger partial charge on any atom is -0.465 e. The predicted molar refractivity (Wildman–Crippen MR) is 69.7 cm³/mol. The van der Waals surface area contributed by atoms with Gasteiger partial charge in [-0.2, -0.15) is 0 Å². The van der Waals surface area contributed by atoms with E-state index in [-0.39, 0.29) is 24.9 Å². The first-order valence-corrected chi connectivity index (χ1v) is 6.66. The van der Waals surface area contributed by atoms with E-state index in [1.165, 1.54) is 0 Å². The Morgan fingerprint density at radius 1 is 1.35 bits per heavy atom. The first-order valence-electron chi connectivity index (χ1n) is 6.28. The molecular weight excluding hydrogens is 288 g/mol. The van der Waals surface area contributed by atoms with Crippen LogP contribution >= 0.6 is 11.6 Å². The molecule has 0 aromatic rings. The van der Waals surface area contributed by atoms with Crippen molar-refractivity contribution in [1.29, 1.82) is 0 Å². The first kappa shape index (κ1) is 16.5. The fourth-order valence-electron chi connectivity index (χ4n) is 2.04. The Kier molecular flexibility index (Phi) is 6.01. The average Bonchev–Trinajstić information content (AvgIpc) is 2.73. The van der Waals surface area contributed by atoms with E-state index in [1.54, 1.807) is 13.8 Å². The lowest BCUT2D eigenvalue weighted by Crippen LogP contribution is -2.39. The van der Waals surface area contributed by atoms with E-state index in [2.05, 4.69) is 6.58 Å². The molecule has 1 saturated heterocycles. The Labute approximate surface area is 122 Å². The van der Waals surface area contributed by atoms with Crippen molar-refractivity contribution in [1.82, 2.24) is 0 Å². The van der Waals surface area contributed by atoms with Crippen LogP contribution in [0.1, 0.15) is 13.8 Å². The summed E-state index contributed by atoms with van der Waals surface area (Å²) in [7, 11) is 0. The summed E-state index contributed by atoms with van der Waals surface area (Å²) in [6.07, 6.45) is 0. The minimum absolute atomic E-state index is 0.0128. The van der Waals surface area contributed by atoms with Crippen molar-refractivity contribution in [3.63, 3.8) is 0 Å². The molecule has 0 N–H and O–H groups in total. The van der Waals surface area contributed by atoms with Crippen LogP contribution in [0.4, 0.5) is 0 Å². The predicted octanol–water partition coefficient (Wildman–Crippen LogP) is 1.27. The van der Waals surface area contributed by atoms with Gasteiger partial charge in [0, 0.05) is 11.0 Å². The van der Waals surface area contributed by atoms with Crippen molar-refractivity contribution >= 4 is 29.5 Å². The van der Waals surface area contributed by atoms with Crippen LogP contribution in [0.15, 0.2) is 11.6 Å². The Balaban J connectivity index is 3.07. The SMILES string of the molecule is C=C(Cl)[C@H]1COC(=O)[C@H]1C(C(=O)OCC)C(=O)OCC. The lowest BCUT2D eigenvalue weighted by Gasteiger charge is -2.21. The second-order valence-electron chi connectivity index (χ2n) is 4.19. The molecule has 0 bridgehead atoms. The standard InChI is InChI=1S/C13H17ClO6/c1-4-18-12(16)10(13(17)19-5-2)9-8(7(3)14)6-20-11(9)15/h8-10H,3-6H2,1-2H3/t8-,9-/m1/s1. The van der Waals surface area contributed by atoms with Gasteiger partial charge < -0.3 is 14.2 Å². The van der Waals surface area contributed by atoms with Crippen molar-refractivity contribution in [2.75, 3.05) is 19.8 Å². The third kappa shape index (κ3) is 3.50. The van der Waals surface area contributed by atoms with E-state index >= 15 is 0 Å². The molecule has 0 unspecified atom stereocenters. The molecule has 6 nitrogen and oxygen atoms in total. The molecule has 0 aromatic heterocycles. The summed E-state index contributed by atoms with van der Waals surface area (Å²) in [5.74, 6) is -5.38. The van der Waals surface area contributed by atoms with E-state index in [1.807, 2.05) is 0 Å². The van der Waals surface area contributed by atoms with Gasteiger partial charge in [-0.25, -0.2) is 0 Å². The van der Waals surface area contributed by atoms with Crippen LogP contribution in [-0.2, 0) is 28.6 Å². The molecule has 0 aliphatic carbocycles. The number of rotatable bonds is 6. The average molecular weight is 305 g/mol. The van der Waals surface area contributed by atoms with Gasteiger partial charge in [0.25, 0.3) is 0 Å². The largest absolute Gasteiger partial charge is 0.465 e. The molecule has 1 rings (SSSR count). The topological polar surface area (TPSA) is 78.9 Å². The van der Waals surface area contributed by atoms with Crippen LogP contribution < -0.4 is 0 Å². The maximum Gasteiger partial charge on any atom is 0.321 e. The van der Waals surface area contributed by atoms with Crippen LogP contribution in [0.3, 0.4) is 0 Å². The molecule has 0 radical (unpaired) electrons. The zero-order chi connectivity index (χ0) is 15.3. The number of halogens is 1. The lowest BCUT2D eigenvalue weighted by molar-refractivity contribution is -0.168. The zero-order valence-electron chi connectivity index (χ0n) is 11.4. The minimum atomic E-state index is -1.38. The molecule has 0 aromatic carbocycles. The summed E-state index contributed by atoms with van der Waals surface area (Å²) in [5.41, 5.74) is 0. The summed E-state index contributed by atoms with van der Waals surface area (Å²) >= 11 is 5.82. The van der Waals surface area contributed by atoms with Gasteiger partial charge in [-0.3, -0.25) is 14.4 Å². The Morgan fingerprint density at radius 3 is 2.25 bits per heavy atom.